The Bertz CT molecular complexity index is 284. The van der Waals surface area contributed by atoms with Gasteiger partial charge in [0.05, 0.1) is 17.9 Å². The Kier molecular flexibility index (Phi) is 4.12. The van der Waals surface area contributed by atoms with Crippen LogP contribution in [0.4, 0.5) is 0 Å². The van der Waals surface area contributed by atoms with Crippen LogP contribution >= 0.6 is 23.4 Å². The topological polar surface area (TPSA) is 26.3 Å². The van der Waals surface area contributed by atoms with Crippen LogP contribution < -0.4 is 0 Å². The van der Waals surface area contributed by atoms with E-state index < -0.39 is 0 Å². The fraction of sp³-hybridized carbons (Fsp3) is 0.222. The van der Waals surface area contributed by atoms with Crippen LogP contribution in [-0.2, 0) is 4.74 Å². The van der Waals surface area contributed by atoms with E-state index in [0.717, 1.165) is 4.90 Å². The molecule has 0 heterocycles. The summed E-state index contributed by atoms with van der Waals surface area (Å²) in [5.41, 5.74) is 0.557. The molecule has 0 aliphatic rings. The number of esters is 1. The van der Waals surface area contributed by atoms with Gasteiger partial charge in [-0.15, -0.1) is 23.4 Å². The number of carbonyl (C=O) groups excluding carboxylic acids is 1. The number of halogens is 1. The SMILES string of the molecule is COC(=O)c1ccc(SCCl)cc1. The first-order chi connectivity index (χ1) is 6.27. The van der Waals surface area contributed by atoms with E-state index in [1.165, 1.54) is 18.9 Å². The highest BCUT2D eigenvalue weighted by molar-refractivity contribution is 8.00. The third kappa shape index (κ3) is 2.94. The summed E-state index contributed by atoms with van der Waals surface area (Å²) in [5.74, 6) is -0.317. The van der Waals surface area contributed by atoms with Gasteiger partial charge in [0.25, 0.3) is 0 Å². The van der Waals surface area contributed by atoms with Gasteiger partial charge in [-0.25, -0.2) is 4.79 Å². The molecule has 1 rings (SSSR count). The van der Waals surface area contributed by atoms with Crippen molar-refractivity contribution in [2.75, 3.05) is 12.3 Å². The van der Waals surface area contributed by atoms with Crippen molar-refractivity contribution in [3.8, 4) is 0 Å². The lowest BCUT2D eigenvalue weighted by Gasteiger charge is -2.00. The maximum atomic E-state index is 11.0. The van der Waals surface area contributed by atoms with Crippen molar-refractivity contribution in [1.82, 2.24) is 0 Å². The van der Waals surface area contributed by atoms with E-state index in [-0.39, 0.29) is 5.97 Å². The smallest absolute Gasteiger partial charge is 0.337 e. The Morgan fingerprint density at radius 2 is 2.08 bits per heavy atom. The van der Waals surface area contributed by atoms with Crippen molar-refractivity contribution in [2.45, 2.75) is 4.90 Å². The van der Waals surface area contributed by atoms with Gasteiger partial charge in [0.1, 0.15) is 0 Å². The molecule has 0 aromatic heterocycles. The van der Waals surface area contributed by atoms with Crippen molar-refractivity contribution in [3.63, 3.8) is 0 Å². The number of benzene rings is 1. The summed E-state index contributed by atoms with van der Waals surface area (Å²) in [6, 6.07) is 7.14. The number of methoxy groups -OCH3 is 1. The number of carbonyl (C=O) groups is 1. The van der Waals surface area contributed by atoms with Crippen LogP contribution in [0.15, 0.2) is 29.2 Å². The normalized spacial score (nSPS) is 9.69. The average molecular weight is 217 g/mol. The minimum absolute atomic E-state index is 0.317. The molecular weight excluding hydrogens is 208 g/mol. The zero-order valence-corrected chi connectivity index (χ0v) is 8.69. The van der Waals surface area contributed by atoms with Crippen LogP contribution in [0, 0.1) is 0 Å². The standard InChI is InChI=1S/C9H9ClO2S/c1-12-9(11)7-2-4-8(5-3-7)13-6-10/h2-5H,6H2,1H3. The molecule has 0 atom stereocenters. The quantitative estimate of drug-likeness (QED) is 0.442. The Hall–Kier alpha value is -0.670. The number of rotatable bonds is 3. The first kappa shape index (κ1) is 10.4. The Balaban J connectivity index is 2.75. The van der Waals surface area contributed by atoms with Gasteiger partial charge < -0.3 is 4.74 Å². The van der Waals surface area contributed by atoms with E-state index in [9.17, 15) is 4.79 Å². The third-order valence-corrected chi connectivity index (χ3v) is 2.54. The number of hydrogen-bond donors (Lipinski definition) is 0. The number of thioether (sulfide) groups is 1. The number of alkyl halides is 1. The van der Waals surface area contributed by atoms with Crippen LogP contribution in [0.3, 0.4) is 0 Å². The second-order valence-corrected chi connectivity index (χ2v) is 3.90. The molecule has 0 unspecified atom stereocenters. The number of hydrogen-bond acceptors (Lipinski definition) is 3. The van der Waals surface area contributed by atoms with Crippen molar-refractivity contribution in [3.05, 3.63) is 29.8 Å². The van der Waals surface area contributed by atoms with Gasteiger partial charge in [-0.1, -0.05) is 0 Å². The van der Waals surface area contributed by atoms with E-state index in [1.54, 1.807) is 12.1 Å². The first-order valence-corrected chi connectivity index (χ1v) is 5.17. The summed E-state index contributed by atoms with van der Waals surface area (Å²) in [6.07, 6.45) is 0. The van der Waals surface area contributed by atoms with Crippen LogP contribution in [0.25, 0.3) is 0 Å². The second-order valence-electron chi connectivity index (χ2n) is 2.27. The van der Waals surface area contributed by atoms with Crippen molar-refractivity contribution in [1.29, 1.82) is 0 Å². The molecule has 0 saturated heterocycles. The van der Waals surface area contributed by atoms with Crippen LogP contribution in [0.1, 0.15) is 10.4 Å². The lowest BCUT2D eigenvalue weighted by molar-refractivity contribution is 0.0600. The molecule has 0 radical (unpaired) electrons. The van der Waals surface area contributed by atoms with E-state index >= 15 is 0 Å². The summed E-state index contributed by atoms with van der Waals surface area (Å²) in [6.45, 7) is 0. The van der Waals surface area contributed by atoms with Crippen LogP contribution in [0.5, 0.6) is 0 Å². The molecule has 2 nitrogen and oxygen atoms in total. The van der Waals surface area contributed by atoms with E-state index in [0.29, 0.717) is 10.8 Å². The zero-order chi connectivity index (χ0) is 9.68. The van der Waals surface area contributed by atoms with E-state index in [4.69, 9.17) is 11.6 Å². The Labute approximate surface area is 86.2 Å². The molecule has 0 N–H and O–H groups in total. The molecule has 0 amide bonds. The third-order valence-electron chi connectivity index (χ3n) is 1.50. The minimum Gasteiger partial charge on any atom is -0.465 e. The molecule has 4 heteroatoms. The maximum absolute atomic E-state index is 11.0. The molecule has 0 fully saturated rings. The highest BCUT2D eigenvalue weighted by atomic mass is 35.5. The van der Waals surface area contributed by atoms with Crippen molar-refractivity contribution in [2.24, 2.45) is 0 Å². The lowest BCUT2D eigenvalue weighted by atomic mass is 10.2. The van der Waals surface area contributed by atoms with Crippen molar-refractivity contribution < 1.29 is 9.53 Å². The lowest BCUT2D eigenvalue weighted by Crippen LogP contribution is -2.00. The molecule has 70 valence electrons. The second kappa shape index (κ2) is 5.14. The summed E-state index contributed by atoms with van der Waals surface area (Å²) in [7, 11) is 1.36. The number of ether oxygens (including phenoxy) is 1. The molecule has 13 heavy (non-hydrogen) atoms. The summed E-state index contributed by atoms with van der Waals surface area (Å²) in [4.78, 5) is 12.1. The van der Waals surface area contributed by atoms with Gasteiger partial charge in [0, 0.05) is 4.90 Å². The van der Waals surface area contributed by atoms with E-state index in [2.05, 4.69) is 4.74 Å². The predicted molar refractivity (Wildman–Crippen MR) is 54.4 cm³/mol. The monoisotopic (exact) mass is 216 g/mol. The van der Waals surface area contributed by atoms with Gasteiger partial charge in [0.2, 0.25) is 0 Å². The van der Waals surface area contributed by atoms with Gasteiger partial charge >= 0.3 is 5.97 Å². The Morgan fingerprint density at radius 3 is 2.54 bits per heavy atom. The molecule has 0 aliphatic heterocycles. The summed E-state index contributed by atoms with van der Waals surface area (Å²) < 4.78 is 4.56. The molecule has 0 bridgehead atoms. The maximum Gasteiger partial charge on any atom is 0.337 e. The van der Waals surface area contributed by atoms with Gasteiger partial charge in [-0.3, -0.25) is 0 Å². The van der Waals surface area contributed by atoms with Gasteiger partial charge in [0.15, 0.2) is 0 Å². The highest BCUT2D eigenvalue weighted by Crippen LogP contribution is 2.19. The average Bonchev–Trinajstić information content (AvgIpc) is 2.18. The molecule has 0 saturated carbocycles. The molecule has 0 aliphatic carbocycles. The van der Waals surface area contributed by atoms with E-state index in [1.807, 2.05) is 12.1 Å². The molecule has 1 aromatic carbocycles. The Morgan fingerprint density at radius 1 is 1.46 bits per heavy atom. The van der Waals surface area contributed by atoms with Gasteiger partial charge in [-0.05, 0) is 24.3 Å². The van der Waals surface area contributed by atoms with Crippen molar-refractivity contribution >= 4 is 29.3 Å². The van der Waals surface area contributed by atoms with Crippen LogP contribution in [-0.4, -0.2) is 18.3 Å². The van der Waals surface area contributed by atoms with Gasteiger partial charge in [-0.2, -0.15) is 0 Å². The molecule has 1 aromatic rings. The highest BCUT2D eigenvalue weighted by Gasteiger charge is 2.03. The minimum atomic E-state index is -0.317. The predicted octanol–water partition coefficient (Wildman–Crippen LogP) is 2.76. The summed E-state index contributed by atoms with van der Waals surface area (Å²) >= 11 is 7.05. The zero-order valence-electron chi connectivity index (χ0n) is 7.12. The fourth-order valence-corrected chi connectivity index (χ4v) is 1.70. The first-order valence-electron chi connectivity index (χ1n) is 3.65. The largest absolute Gasteiger partial charge is 0.465 e. The van der Waals surface area contributed by atoms with Crippen LogP contribution in [0.2, 0.25) is 0 Å². The summed E-state index contributed by atoms with van der Waals surface area (Å²) in [5, 5.41) is 0.511. The molecule has 0 spiro atoms. The fourth-order valence-electron chi connectivity index (χ4n) is 0.868. The molecular formula is C9H9ClO2S.